The van der Waals surface area contributed by atoms with Crippen LogP contribution in [0.1, 0.15) is 21.6 Å². The zero-order chi connectivity index (χ0) is 15.1. The molecule has 4 rings (SSSR count). The van der Waals surface area contributed by atoms with E-state index in [0.717, 1.165) is 23.6 Å². The Hall–Kier alpha value is -3.01. The summed E-state index contributed by atoms with van der Waals surface area (Å²) in [7, 11) is 0. The zero-order valence-corrected chi connectivity index (χ0v) is 11.8. The Balaban J connectivity index is 1.91. The highest BCUT2D eigenvalue weighted by molar-refractivity contribution is 6.14. The van der Waals surface area contributed by atoms with Crippen LogP contribution < -0.4 is 0 Å². The van der Waals surface area contributed by atoms with Gasteiger partial charge in [0, 0.05) is 18.4 Å². The van der Waals surface area contributed by atoms with Crippen molar-refractivity contribution >= 4 is 11.9 Å². The number of hydrogen-bond donors (Lipinski definition) is 2. The maximum atomic E-state index is 12.9. The minimum absolute atomic E-state index is 0.00633. The second-order valence-electron chi connectivity index (χ2n) is 5.27. The molecule has 0 bridgehead atoms. The summed E-state index contributed by atoms with van der Waals surface area (Å²) in [6.07, 6.45) is 5.91. The molecule has 0 saturated heterocycles. The van der Waals surface area contributed by atoms with Crippen molar-refractivity contribution in [2.24, 2.45) is 0 Å². The summed E-state index contributed by atoms with van der Waals surface area (Å²) in [5.74, 6) is -0.162. The Morgan fingerprint density at radius 1 is 1.14 bits per heavy atom. The first-order chi connectivity index (χ1) is 10.8. The summed E-state index contributed by atoms with van der Waals surface area (Å²) in [4.78, 5) is 16.0. The molecule has 3 heterocycles. The molecule has 1 aliphatic heterocycles. The van der Waals surface area contributed by atoms with Crippen molar-refractivity contribution in [2.45, 2.75) is 6.54 Å². The third-order valence-corrected chi connectivity index (χ3v) is 3.95. The first kappa shape index (κ1) is 12.7. The molecular weight excluding hydrogens is 276 g/mol. The van der Waals surface area contributed by atoms with Crippen LogP contribution in [0.4, 0.5) is 0 Å². The molecule has 108 valence electrons. The Bertz CT molecular complexity index is 886. The van der Waals surface area contributed by atoms with Gasteiger partial charge >= 0.3 is 0 Å². The normalized spacial score (nSPS) is 12.5. The largest absolute Gasteiger partial charge is 0.507 e. The van der Waals surface area contributed by atoms with Gasteiger partial charge in [-0.15, -0.1) is 0 Å². The van der Waals surface area contributed by atoms with Crippen molar-refractivity contribution < 1.29 is 9.90 Å². The van der Waals surface area contributed by atoms with E-state index >= 15 is 0 Å². The maximum Gasteiger partial charge on any atom is 0.198 e. The van der Waals surface area contributed by atoms with Crippen molar-refractivity contribution in [3.8, 4) is 17.1 Å². The fourth-order valence-corrected chi connectivity index (χ4v) is 2.93. The number of nitrogens with zero attached hydrogens (tertiary/aromatic N) is 1. The molecule has 0 unspecified atom stereocenters. The van der Waals surface area contributed by atoms with Crippen LogP contribution in [-0.4, -0.2) is 20.4 Å². The van der Waals surface area contributed by atoms with E-state index < -0.39 is 0 Å². The lowest BCUT2D eigenvalue weighted by atomic mass is 10.0. The number of phenols is 1. The number of fused-ring (bicyclic) bond motifs is 1. The van der Waals surface area contributed by atoms with Crippen molar-refractivity contribution in [1.29, 1.82) is 0 Å². The van der Waals surface area contributed by atoms with Crippen LogP contribution in [0.15, 0.2) is 54.7 Å². The fourth-order valence-electron chi connectivity index (χ4n) is 2.93. The molecule has 22 heavy (non-hydrogen) atoms. The number of benzene rings is 1. The molecular formula is C18H14N2O2. The van der Waals surface area contributed by atoms with Crippen LogP contribution in [0.3, 0.4) is 0 Å². The van der Waals surface area contributed by atoms with Crippen LogP contribution >= 0.6 is 0 Å². The van der Waals surface area contributed by atoms with E-state index in [1.807, 2.05) is 30.5 Å². The Labute approximate surface area is 127 Å². The molecule has 1 aromatic carbocycles. The second kappa shape index (κ2) is 4.77. The monoisotopic (exact) mass is 290 g/mol. The number of aromatic nitrogens is 2. The van der Waals surface area contributed by atoms with E-state index in [0.29, 0.717) is 11.1 Å². The van der Waals surface area contributed by atoms with Gasteiger partial charge < -0.3 is 14.7 Å². The minimum atomic E-state index is -0.169. The number of para-hydroxylation sites is 1. The van der Waals surface area contributed by atoms with Crippen molar-refractivity contribution in [3.63, 3.8) is 0 Å². The summed E-state index contributed by atoms with van der Waals surface area (Å²) < 4.78 is 2.10. The summed E-state index contributed by atoms with van der Waals surface area (Å²) in [5.41, 5.74) is 3.68. The van der Waals surface area contributed by atoms with Gasteiger partial charge in [-0.25, -0.2) is 0 Å². The van der Waals surface area contributed by atoms with Crippen molar-refractivity contribution in [2.75, 3.05) is 0 Å². The SMILES string of the molecule is O=C(c1ccccc1O)c1cc2n(c1-c1ccc[nH]1)CC=C2. The maximum absolute atomic E-state index is 12.9. The number of nitrogens with one attached hydrogen (secondary N) is 1. The number of allylic oxidation sites excluding steroid dienone is 1. The summed E-state index contributed by atoms with van der Waals surface area (Å²) in [6.45, 7) is 0.748. The van der Waals surface area contributed by atoms with Crippen LogP contribution in [0.5, 0.6) is 5.75 Å². The molecule has 2 N–H and O–H groups in total. The predicted octanol–water partition coefficient (Wildman–Crippen LogP) is 3.45. The summed E-state index contributed by atoms with van der Waals surface area (Å²) in [6, 6.07) is 12.4. The Morgan fingerprint density at radius 3 is 2.77 bits per heavy atom. The lowest BCUT2D eigenvalue weighted by Gasteiger charge is -2.08. The average Bonchev–Trinajstić information content (AvgIpc) is 3.23. The van der Waals surface area contributed by atoms with Crippen LogP contribution in [0, 0.1) is 0 Å². The van der Waals surface area contributed by atoms with Gasteiger partial charge in [0.1, 0.15) is 5.75 Å². The standard InChI is InChI=1S/C18H14N2O2/c21-16-8-2-1-6-13(16)18(22)14-11-12-5-4-10-20(12)17(14)15-7-3-9-19-15/h1-9,11,19,21H,10H2. The van der Waals surface area contributed by atoms with Crippen LogP contribution in [-0.2, 0) is 6.54 Å². The Kier molecular flexibility index (Phi) is 2.76. The first-order valence-electron chi connectivity index (χ1n) is 7.12. The number of carbonyl (C=O) groups is 1. The molecule has 0 saturated carbocycles. The minimum Gasteiger partial charge on any atom is -0.507 e. The van der Waals surface area contributed by atoms with Gasteiger partial charge in [0.2, 0.25) is 0 Å². The van der Waals surface area contributed by atoms with E-state index in [4.69, 9.17) is 0 Å². The molecule has 0 amide bonds. The molecule has 0 radical (unpaired) electrons. The topological polar surface area (TPSA) is 58.0 Å². The van der Waals surface area contributed by atoms with E-state index in [2.05, 4.69) is 15.6 Å². The molecule has 3 aromatic rings. The second-order valence-corrected chi connectivity index (χ2v) is 5.27. The lowest BCUT2D eigenvalue weighted by molar-refractivity contribution is 0.103. The third kappa shape index (κ3) is 1.81. The number of aromatic hydroxyl groups is 1. The van der Waals surface area contributed by atoms with Gasteiger partial charge in [-0.1, -0.05) is 18.2 Å². The number of rotatable bonds is 3. The molecule has 2 aromatic heterocycles. The van der Waals surface area contributed by atoms with Gasteiger partial charge in [0.15, 0.2) is 5.78 Å². The molecule has 0 aliphatic carbocycles. The lowest BCUT2D eigenvalue weighted by Crippen LogP contribution is -2.05. The van der Waals surface area contributed by atoms with Gasteiger partial charge in [-0.2, -0.15) is 0 Å². The number of ketones is 1. The van der Waals surface area contributed by atoms with E-state index in [-0.39, 0.29) is 11.5 Å². The van der Waals surface area contributed by atoms with E-state index in [1.165, 1.54) is 6.07 Å². The third-order valence-electron chi connectivity index (χ3n) is 3.95. The van der Waals surface area contributed by atoms with Gasteiger partial charge in [0.25, 0.3) is 0 Å². The molecule has 0 spiro atoms. The quantitative estimate of drug-likeness (QED) is 0.726. The number of carbonyl (C=O) groups excluding carboxylic acids is 1. The van der Waals surface area contributed by atoms with Gasteiger partial charge in [0.05, 0.1) is 22.5 Å². The van der Waals surface area contributed by atoms with Gasteiger partial charge in [-0.05, 0) is 36.4 Å². The van der Waals surface area contributed by atoms with E-state index in [9.17, 15) is 9.90 Å². The summed E-state index contributed by atoms with van der Waals surface area (Å²) >= 11 is 0. The molecule has 0 fully saturated rings. The number of aromatic amines is 1. The molecule has 1 aliphatic rings. The predicted molar refractivity (Wildman–Crippen MR) is 84.8 cm³/mol. The highest BCUT2D eigenvalue weighted by Gasteiger charge is 2.24. The highest BCUT2D eigenvalue weighted by atomic mass is 16.3. The average molecular weight is 290 g/mol. The van der Waals surface area contributed by atoms with Crippen LogP contribution in [0.2, 0.25) is 0 Å². The summed E-state index contributed by atoms with van der Waals surface area (Å²) in [5, 5.41) is 9.96. The molecule has 4 heteroatoms. The molecule has 4 nitrogen and oxygen atoms in total. The zero-order valence-electron chi connectivity index (χ0n) is 11.8. The first-order valence-corrected chi connectivity index (χ1v) is 7.12. The van der Waals surface area contributed by atoms with Crippen LogP contribution in [0.25, 0.3) is 17.5 Å². The number of phenolic OH excluding ortho intramolecular Hbond substituents is 1. The Morgan fingerprint density at radius 2 is 2.00 bits per heavy atom. The smallest absolute Gasteiger partial charge is 0.198 e. The molecule has 0 atom stereocenters. The number of H-pyrrole nitrogens is 1. The van der Waals surface area contributed by atoms with Crippen molar-refractivity contribution in [3.05, 3.63) is 71.6 Å². The van der Waals surface area contributed by atoms with Gasteiger partial charge in [-0.3, -0.25) is 4.79 Å². The highest BCUT2D eigenvalue weighted by Crippen LogP contribution is 2.33. The number of hydrogen-bond acceptors (Lipinski definition) is 2. The fraction of sp³-hybridized carbons (Fsp3) is 0.0556. The van der Waals surface area contributed by atoms with E-state index in [1.54, 1.807) is 18.2 Å². The van der Waals surface area contributed by atoms with Crippen molar-refractivity contribution in [1.82, 2.24) is 9.55 Å².